The lowest BCUT2D eigenvalue weighted by Gasteiger charge is -2.22. The molecular formula is C15H20FNO2S. The Labute approximate surface area is 120 Å². The molecule has 1 fully saturated rings. The third-order valence-corrected chi connectivity index (χ3v) is 5.41. The number of alkyl halides is 1. The highest BCUT2D eigenvalue weighted by Gasteiger charge is 2.33. The molecule has 20 heavy (non-hydrogen) atoms. The van der Waals surface area contributed by atoms with E-state index in [1.165, 1.54) is 17.3 Å². The first-order chi connectivity index (χ1) is 9.41. The van der Waals surface area contributed by atoms with E-state index < -0.39 is 16.2 Å². The van der Waals surface area contributed by atoms with Crippen molar-refractivity contribution in [3.05, 3.63) is 42.0 Å². The fourth-order valence-corrected chi connectivity index (χ4v) is 4.04. The summed E-state index contributed by atoms with van der Waals surface area (Å²) in [4.78, 5) is 0.302. The second-order valence-electron chi connectivity index (χ2n) is 5.20. The lowest BCUT2D eigenvalue weighted by Crippen LogP contribution is -2.34. The number of allylic oxidation sites excluding steroid dienone is 1. The van der Waals surface area contributed by atoms with Crippen LogP contribution < -0.4 is 0 Å². The fourth-order valence-electron chi connectivity index (χ4n) is 2.38. The van der Waals surface area contributed by atoms with Gasteiger partial charge in [-0.15, -0.1) is 0 Å². The van der Waals surface area contributed by atoms with Gasteiger partial charge in [0.15, 0.2) is 0 Å². The molecule has 0 saturated carbocycles. The van der Waals surface area contributed by atoms with E-state index in [0.717, 1.165) is 18.4 Å². The minimum absolute atomic E-state index is 0.237. The first kappa shape index (κ1) is 15.2. The summed E-state index contributed by atoms with van der Waals surface area (Å²) in [5.74, 6) is 0. The van der Waals surface area contributed by atoms with E-state index in [2.05, 4.69) is 0 Å². The molecular weight excluding hydrogens is 277 g/mol. The minimum atomic E-state index is -3.49. The van der Waals surface area contributed by atoms with Gasteiger partial charge in [-0.3, -0.25) is 0 Å². The van der Waals surface area contributed by atoms with E-state index in [9.17, 15) is 12.8 Å². The molecule has 0 aromatic heterocycles. The molecule has 2 rings (SSSR count). The summed E-state index contributed by atoms with van der Waals surface area (Å²) < 4.78 is 39.6. The molecule has 1 aliphatic rings. The largest absolute Gasteiger partial charge is 0.243 e. The molecule has 0 aliphatic carbocycles. The van der Waals surface area contributed by atoms with Gasteiger partial charge < -0.3 is 0 Å². The third-order valence-electron chi connectivity index (χ3n) is 3.47. The van der Waals surface area contributed by atoms with E-state index in [4.69, 9.17) is 0 Å². The Kier molecular flexibility index (Phi) is 4.60. The predicted octanol–water partition coefficient (Wildman–Crippen LogP) is 3.06. The van der Waals surface area contributed by atoms with E-state index >= 15 is 0 Å². The van der Waals surface area contributed by atoms with Gasteiger partial charge in [-0.05, 0) is 38.8 Å². The van der Waals surface area contributed by atoms with Crippen LogP contribution in [0.15, 0.2) is 41.3 Å². The van der Waals surface area contributed by atoms with Gasteiger partial charge in [0.05, 0.1) is 4.90 Å². The molecule has 3 nitrogen and oxygen atoms in total. The van der Waals surface area contributed by atoms with Crippen LogP contribution in [0.25, 0.3) is 0 Å². The number of hydrogen-bond donors (Lipinski definition) is 0. The molecule has 110 valence electrons. The van der Waals surface area contributed by atoms with Crippen molar-refractivity contribution in [1.82, 2.24) is 4.31 Å². The van der Waals surface area contributed by atoms with Crippen LogP contribution in [0.3, 0.4) is 0 Å². The van der Waals surface area contributed by atoms with Crippen molar-refractivity contribution in [2.45, 2.75) is 43.8 Å². The Morgan fingerprint density at radius 3 is 2.60 bits per heavy atom. The molecule has 1 aliphatic heterocycles. The average molecular weight is 297 g/mol. The van der Waals surface area contributed by atoms with Crippen LogP contribution in [0.5, 0.6) is 0 Å². The van der Waals surface area contributed by atoms with E-state index in [0.29, 0.717) is 11.4 Å². The lowest BCUT2D eigenvalue weighted by molar-refractivity contribution is 0.414. The topological polar surface area (TPSA) is 37.4 Å². The Hall–Kier alpha value is -1.20. The molecule has 0 bridgehead atoms. The Morgan fingerprint density at radius 1 is 1.35 bits per heavy atom. The molecule has 0 spiro atoms. The number of sulfonamides is 1. The quantitative estimate of drug-likeness (QED) is 0.801. The van der Waals surface area contributed by atoms with Gasteiger partial charge in [0.25, 0.3) is 0 Å². The van der Waals surface area contributed by atoms with Crippen LogP contribution in [-0.4, -0.2) is 31.5 Å². The van der Waals surface area contributed by atoms with Gasteiger partial charge in [0.2, 0.25) is 10.0 Å². The SMILES string of the molecule is Cc1ccc(S(=O)(=O)N2CCCC2/C=C/[C@@H](C)F)cc1. The van der Waals surface area contributed by atoms with Crippen molar-refractivity contribution < 1.29 is 12.8 Å². The molecule has 1 aromatic rings. The van der Waals surface area contributed by atoms with Crippen molar-refractivity contribution >= 4 is 10.0 Å². The van der Waals surface area contributed by atoms with Gasteiger partial charge in [-0.1, -0.05) is 29.8 Å². The predicted molar refractivity (Wildman–Crippen MR) is 77.8 cm³/mol. The normalized spacial score (nSPS) is 22.4. The number of hydrogen-bond acceptors (Lipinski definition) is 2. The van der Waals surface area contributed by atoms with Crippen LogP contribution >= 0.6 is 0 Å². The molecule has 0 amide bonds. The lowest BCUT2D eigenvalue weighted by atomic mass is 10.2. The van der Waals surface area contributed by atoms with E-state index in [-0.39, 0.29) is 6.04 Å². The molecule has 2 atom stereocenters. The van der Waals surface area contributed by atoms with Gasteiger partial charge in [0.1, 0.15) is 6.17 Å². The Balaban J connectivity index is 2.26. The maximum absolute atomic E-state index is 12.9. The molecule has 0 radical (unpaired) electrons. The second kappa shape index (κ2) is 6.06. The van der Waals surface area contributed by atoms with Crippen molar-refractivity contribution in [1.29, 1.82) is 0 Å². The maximum atomic E-state index is 12.9. The smallest absolute Gasteiger partial charge is 0.243 e. The van der Waals surface area contributed by atoms with E-state index in [1.807, 2.05) is 6.92 Å². The molecule has 5 heteroatoms. The summed E-state index contributed by atoms with van der Waals surface area (Å²) in [6.45, 7) is 3.84. The molecule has 0 N–H and O–H groups in total. The first-order valence-electron chi connectivity index (χ1n) is 6.82. The van der Waals surface area contributed by atoms with Crippen LogP contribution in [0.4, 0.5) is 4.39 Å². The summed E-state index contributed by atoms with van der Waals surface area (Å²) in [6.07, 6.45) is 3.59. The van der Waals surface area contributed by atoms with Crippen molar-refractivity contribution in [3.63, 3.8) is 0 Å². The molecule has 1 unspecified atom stereocenters. The first-order valence-corrected chi connectivity index (χ1v) is 8.26. The van der Waals surface area contributed by atoms with Crippen LogP contribution in [0, 0.1) is 6.92 Å². The minimum Gasteiger partial charge on any atom is -0.243 e. The van der Waals surface area contributed by atoms with Gasteiger partial charge in [-0.2, -0.15) is 4.31 Å². The summed E-state index contributed by atoms with van der Waals surface area (Å²) in [7, 11) is -3.49. The highest BCUT2D eigenvalue weighted by atomic mass is 32.2. The van der Waals surface area contributed by atoms with Gasteiger partial charge >= 0.3 is 0 Å². The van der Waals surface area contributed by atoms with E-state index in [1.54, 1.807) is 30.3 Å². The van der Waals surface area contributed by atoms with Crippen LogP contribution in [0.1, 0.15) is 25.3 Å². The van der Waals surface area contributed by atoms with Crippen LogP contribution in [0.2, 0.25) is 0 Å². The van der Waals surface area contributed by atoms with Crippen molar-refractivity contribution in [2.75, 3.05) is 6.54 Å². The third kappa shape index (κ3) is 3.27. The summed E-state index contributed by atoms with van der Waals surface area (Å²) >= 11 is 0. The molecule has 1 aromatic carbocycles. The Morgan fingerprint density at radius 2 is 2.00 bits per heavy atom. The molecule has 1 saturated heterocycles. The zero-order valence-corrected chi connectivity index (χ0v) is 12.6. The fraction of sp³-hybridized carbons (Fsp3) is 0.467. The van der Waals surface area contributed by atoms with Crippen molar-refractivity contribution in [2.24, 2.45) is 0 Å². The van der Waals surface area contributed by atoms with Gasteiger partial charge in [0, 0.05) is 12.6 Å². The van der Waals surface area contributed by atoms with Gasteiger partial charge in [-0.25, -0.2) is 12.8 Å². The second-order valence-corrected chi connectivity index (χ2v) is 7.09. The highest BCUT2D eigenvalue weighted by Crippen LogP contribution is 2.27. The van der Waals surface area contributed by atoms with Crippen molar-refractivity contribution in [3.8, 4) is 0 Å². The number of aryl methyl sites for hydroxylation is 1. The number of halogens is 1. The average Bonchev–Trinajstić information content (AvgIpc) is 2.86. The number of benzene rings is 1. The maximum Gasteiger partial charge on any atom is 0.243 e. The monoisotopic (exact) mass is 297 g/mol. The standard InChI is InChI=1S/C15H20FNO2S/c1-12-5-9-15(10-6-12)20(18,19)17-11-3-4-14(17)8-7-13(2)16/h5-10,13-14H,3-4,11H2,1-2H3/b8-7+/t13-,14?/m1/s1. The molecule has 1 heterocycles. The van der Waals surface area contributed by atoms with Crippen LogP contribution in [-0.2, 0) is 10.0 Å². The highest BCUT2D eigenvalue weighted by molar-refractivity contribution is 7.89. The number of nitrogens with zero attached hydrogens (tertiary/aromatic N) is 1. The summed E-state index contributed by atoms with van der Waals surface area (Å²) in [5.41, 5.74) is 1.02. The summed E-state index contributed by atoms with van der Waals surface area (Å²) in [5, 5.41) is 0. The number of rotatable bonds is 4. The zero-order chi connectivity index (χ0) is 14.8. The zero-order valence-electron chi connectivity index (χ0n) is 11.8. The summed E-state index contributed by atoms with van der Waals surface area (Å²) in [6, 6.07) is 6.59. The Bertz CT molecular complexity index is 578.